The van der Waals surface area contributed by atoms with Crippen molar-refractivity contribution < 1.29 is 13.2 Å². The first kappa shape index (κ1) is 22.2. The summed E-state index contributed by atoms with van der Waals surface area (Å²) in [4.78, 5) is 15.1. The molecule has 0 aliphatic heterocycles. The van der Waals surface area contributed by atoms with Crippen molar-refractivity contribution in [1.29, 1.82) is 0 Å². The maximum absolute atomic E-state index is 13.1. The third kappa shape index (κ3) is 5.69. The monoisotopic (exact) mass is 405 g/mol. The standard InChI is InChI=1S/C21H31N3O3S/c1-5-13-24(28(26,27)20-11-7-6-8-12-20)17-21(25)23(15-18(2)3)16-19-10-9-14-22(19)4/h6-12,14,18H,5,13,15-17H2,1-4H3. The third-order valence-corrected chi connectivity index (χ3v) is 6.37. The lowest BCUT2D eigenvalue weighted by Crippen LogP contribution is -2.44. The lowest BCUT2D eigenvalue weighted by molar-refractivity contribution is -0.132. The highest BCUT2D eigenvalue weighted by atomic mass is 32.2. The second-order valence-corrected chi connectivity index (χ2v) is 9.37. The maximum atomic E-state index is 13.1. The van der Waals surface area contributed by atoms with Gasteiger partial charge in [-0.1, -0.05) is 39.0 Å². The number of amides is 1. The van der Waals surface area contributed by atoms with Crippen molar-refractivity contribution in [2.75, 3.05) is 19.6 Å². The maximum Gasteiger partial charge on any atom is 0.243 e. The Morgan fingerprint density at radius 2 is 1.79 bits per heavy atom. The number of carbonyl (C=O) groups excluding carboxylic acids is 1. The Balaban J connectivity index is 2.23. The summed E-state index contributed by atoms with van der Waals surface area (Å²) in [6.45, 7) is 7.21. The summed E-state index contributed by atoms with van der Waals surface area (Å²) in [6.07, 6.45) is 2.58. The number of aromatic nitrogens is 1. The van der Waals surface area contributed by atoms with E-state index in [0.29, 0.717) is 26.1 Å². The quantitative estimate of drug-likeness (QED) is 0.610. The first-order chi connectivity index (χ1) is 13.3. The molecule has 7 heteroatoms. The highest BCUT2D eigenvalue weighted by molar-refractivity contribution is 7.89. The molecule has 0 fully saturated rings. The van der Waals surface area contributed by atoms with E-state index in [1.807, 2.05) is 36.9 Å². The molecule has 1 aromatic carbocycles. The molecule has 1 amide bonds. The van der Waals surface area contributed by atoms with Gasteiger partial charge in [-0.25, -0.2) is 8.42 Å². The lowest BCUT2D eigenvalue weighted by Gasteiger charge is -2.28. The summed E-state index contributed by atoms with van der Waals surface area (Å²) < 4.78 is 29.3. The number of hydrogen-bond acceptors (Lipinski definition) is 3. The van der Waals surface area contributed by atoms with Crippen LogP contribution in [0, 0.1) is 5.92 Å². The molecule has 0 N–H and O–H groups in total. The van der Waals surface area contributed by atoms with Crippen LogP contribution in [0.3, 0.4) is 0 Å². The number of nitrogens with zero attached hydrogens (tertiary/aromatic N) is 3. The second-order valence-electron chi connectivity index (χ2n) is 7.43. The molecule has 0 spiro atoms. The predicted molar refractivity (Wildman–Crippen MR) is 111 cm³/mol. The highest BCUT2D eigenvalue weighted by Crippen LogP contribution is 2.17. The van der Waals surface area contributed by atoms with Crippen LogP contribution in [0.15, 0.2) is 53.6 Å². The fraction of sp³-hybridized carbons (Fsp3) is 0.476. The Morgan fingerprint density at radius 3 is 2.32 bits per heavy atom. The first-order valence-electron chi connectivity index (χ1n) is 9.68. The van der Waals surface area contributed by atoms with Gasteiger partial charge in [-0.2, -0.15) is 4.31 Å². The molecule has 0 radical (unpaired) electrons. The number of aryl methyl sites for hydroxylation is 1. The van der Waals surface area contributed by atoms with Crippen molar-refractivity contribution >= 4 is 15.9 Å². The van der Waals surface area contributed by atoms with Gasteiger partial charge in [-0.05, 0) is 36.6 Å². The first-order valence-corrected chi connectivity index (χ1v) is 11.1. The molecular weight excluding hydrogens is 374 g/mol. The lowest BCUT2D eigenvalue weighted by atomic mass is 10.2. The molecule has 0 unspecified atom stereocenters. The molecule has 0 bridgehead atoms. The van der Waals surface area contributed by atoms with Gasteiger partial charge in [0.1, 0.15) is 0 Å². The van der Waals surface area contributed by atoms with Crippen LogP contribution >= 0.6 is 0 Å². The van der Waals surface area contributed by atoms with Gasteiger partial charge < -0.3 is 9.47 Å². The van der Waals surface area contributed by atoms with Gasteiger partial charge in [0.25, 0.3) is 0 Å². The molecule has 0 aliphatic carbocycles. The molecule has 2 aromatic rings. The summed E-state index contributed by atoms with van der Waals surface area (Å²) in [5, 5.41) is 0. The number of rotatable bonds is 10. The average Bonchev–Trinajstić information content (AvgIpc) is 3.05. The van der Waals surface area contributed by atoms with Crippen LogP contribution in [-0.4, -0.2) is 47.7 Å². The number of sulfonamides is 1. The van der Waals surface area contributed by atoms with Gasteiger partial charge in [0, 0.05) is 32.0 Å². The summed E-state index contributed by atoms with van der Waals surface area (Å²) in [5.74, 6) is 0.109. The van der Waals surface area contributed by atoms with Crippen molar-refractivity contribution in [3.63, 3.8) is 0 Å². The highest BCUT2D eigenvalue weighted by Gasteiger charge is 2.28. The van der Waals surface area contributed by atoms with Gasteiger partial charge in [0.2, 0.25) is 15.9 Å². The van der Waals surface area contributed by atoms with Crippen molar-refractivity contribution in [3.05, 3.63) is 54.4 Å². The Morgan fingerprint density at radius 1 is 1.11 bits per heavy atom. The van der Waals surface area contributed by atoms with Gasteiger partial charge in [-0.15, -0.1) is 0 Å². The van der Waals surface area contributed by atoms with E-state index in [2.05, 4.69) is 13.8 Å². The van der Waals surface area contributed by atoms with Crippen LogP contribution in [0.5, 0.6) is 0 Å². The minimum atomic E-state index is -3.71. The van der Waals surface area contributed by atoms with Crippen LogP contribution in [0.2, 0.25) is 0 Å². The van der Waals surface area contributed by atoms with Crippen molar-refractivity contribution in [2.45, 2.75) is 38.6 Å². The van der Waals surface area contributed by atoms with Crippen LogP contribution in [0.25, 0.3) is 0 Å². The molecule has 1 aromatic heterocycles. The number of benzene rings is 1. The molecule has 1 heterocycles. The zero-order valence-corrected chi connectivity index (χ0v) is 18.0. The fourth-order valence-corrected chi connectivity index (χ4v) is 4.58. The summed E-state index contributed by atoms with van der Waals surface area (Å²) >= 11 is 0. The van der Waals surface area contributed by atoms with Crippen molar-refractivity contribution in [1.82, 2.24) is 13.8 Å². The van der Waals surface area contributed by atoms with Crippen LogP contribution < -0.4 is 0 Å². The second kappa shape index (κ2) is 9.89. The van der Waals surface area contributed by atoms with Crippen molar-refractivity contribution in [2.24, 2.45) is 13.0 Å². The summed E-state index contributed by atoms with van der Waals surface area (Å²) in [5.41, 5.74) is 1.02. The largest absolute Gasteiger partial charge is 0.353 e. The average molecular weight is 406 g/mol. The van der Waals surface area contributed by atoms with Gasteiger partial charge in [0.05, 0.1) is 18.0 Å². The van der Waals surface area contributed by atoms with E-state index in [1.165, 1.54) is 4.31 Å². The van der Waals surface area contributed by atoms with Crippen molar-refractivity contribution in [3.8, 4) is 0 Å². The van der Waals surface area contributed by atoms with E-state index in [-0.39, 0.29) is 23.3 Å². The van der Waals surface area contributed by atoms with Gasteiger partial charge >= 0.3 is 0 Å². The van der Waals surface area contributed by atoms with Gasteiger partial charge in [0.15, 0.2) is 0 Å². The molecular formula is C21H31N3O3S. The fourth-order valence-electron chi connectivity index (χ4n) is 3.08. The number of carbonyl (C=O) groups is 1. The van der Waals surface area contributed by atoms with E-state index < -0.39 is 10.0 Å². The predicted octanol–water partition coefficient (Wildman–Crippen LogP) is 3.11. The normalized spacial score (nSPS) is 11.9. The van der Waals surface area contributed by atoms with Crippen LogP contribution in [0.4, 0.5) is 0 Å². The minimum Gasteiger partial charge on any atom is -0.353 e. The van der Waals surface area contributed by atoms with E-state index >= 15 is 0 Å². The van der Waals surface area contributed by atoms with Crippen LogP contribution in [0.1, 0.15) is 32.9 Å². The van der Waals surface area contributed by atoms with Gasteiger partial charge in [-0.3, -0.25) is 4.79 Å². The zero-order chi connectivity index (χ0) is 20.7. The zero-order valence-electron chi connectivity index (χ0n) is 17.2. The smallest absolute Gasteiger partial charge is 0.243 e. The molecule has 0 saturated carbocycles. The molecule has 28 heavy (non-hydrogen) atoms. The van der Waals surface area contributed by atoms with E-state index in [1.54, 1.807) is 35.2 Å². The molecule has 0 aliphatic rings. The molecule has 0 saturated heterocycles. The molecule has 6 nitrogen and oxygen atoms in total. The van der Waals surface area contributed by atoms with E-state index in [9.17, 15) is 13.2 Å². The Labute approximate surface area is 168 Å². The summed E-state index contributed by atoms with van der Waals surface area (Å²) in [7, 11) is -1.77. The van der Waals surface area contributed by atoms with E-state index in [4.69, 9.17) is 0 Å². The molecule has 0 atom stereocenters. The van der Waals surface area contributed by atoms with Crippen LogP contribution in [-0.2, 0) is 28.4 Å². The SMILES string of the molecule is CCCN(CC(=O)N(Cc1cccn1C)CC(C)C)S(=O)(=O)c1ccccc1. The molecule has 154 valence electrons. The summed E-state index contributed by atoms with van der Waals surface area (Å²) in [6, 6.07) is 12.2. The van der Waals surface area contributed by atoms with E-state index in [0.717, 1.165) is 5.69 Å². The third-order valence-electron chi connectivity index (χ3n) is 4.51. The topological polar surface area (TPSA) is 62.6 Å². The Bertz CT molecular complexity index is 860. The Hall–Kier alpha value is -2.12. The number of hydrogen-bond donors (Lipinski definition) is 0. The molecule has 2 rings (SSSR count). The Kier molecular flexibility index (Phi) is 7.83. The minimum absolute atomic E-state index is 0.151.